The minimum absolute atomic E-state index is 0.0288. The Morgan fingerprint density at radius 1 is 0.952 bits per heavy atom. The molecule has 0 saturated carbocycles. The summed E-state index contributed by atoms with van der Waals surface area (Å²) in [5.74, 6) is 0.0746. The molecule has 3 N–H and O–H groups in total. The monoisotopic (exact) mass is 571 g/mol. The van der Waals surface area contributed by atoms with E-state index in [4.69, 9.17) is 10.2 Å². The maximum Gasteiger partial charge on any atom is 0.324 e. The van der Waals surface area contributed by atoms with Crippen LogP contribution in [0.5, 0.6) is 0 Å². The van der Waals surface area contributed by atoms with Gasteiger partial charge in [0.1, 0.15) is 5.82 Å². The van der Waals surface area contributed by atoms with E-state index in [1.807, 2.05) is 60.4 Å². The zero-order valence-electron chi connectivity index (χ0n) is 24.9. The van der Waals surface area contributed by atoms with Crippen LogP contribution in [0.4, 0.5) is 16.3 Å². The number of nitrogens with zero attached hydrogens (tertiary/aromatic N) is 3. The fourth-order valence-electron chi connectivity index (χ4n) is 6.31. The third-order valence-corrected chi connectivity index (χ3v) is 8.38. The number of aliphatic carboxylic acids is 1. The minimum Gasteiger partial charge on any atom is -0.481 e. The standard InChI is InChI=1S/C33H41N5O4/c1-21-8-10-25(11-9-21)38-29(20-28(36-38)33(2,3)4)35-32(42)34-24-7-5-6-22(17-24)16-23-18-26-12-13-27(19-23)37(26)30(39)14-15-31(40)41/h5-11,17,20,23,26-27H,12-16,18-19H2,1-4H3,(H,40,41)(H2,34,35,42). The number of amides is 3. The molecule has 2 aromatic carbocycles. The van der Waals surface area contributed by atoms with Gasteiger partial charge in [0.05, 0.1) is 17.8 Å². The van der Waals surface area contributed by atoms with Gasteiger partial charge in [0.2, 0.25) is 5.91 Å². The van der Waals surface area contributed by atoms with Crippen LogP contribution in [0.3, 0.4) is 0 Å². The van der Waals surface area contributed by atoms with Crippen molar-refractivity contribution in [2.75, 3.05) is 10.6 Å². The lowest BCUT2D eigenvalue weighted by atomic mass is 9.85. The van der Waals surface area contributed by atoms with Gasteiger partial charge in [0.25, 0.3) is 0 Å². The summed E-state index contributed by atoms with van der Waals surface area (Å²) in [6.07, 6.45) is 4.65. The van der Waals surface area contributed by atoms with Crippen LogP contribution in [0.15, 0.2) is 54.6 Å². The van der Waals surface area contributed by atoms with Gasteiger partial charge in [0, 0.05) is 35.7 Å². The van der Waals surface area contributed by atoms with Gasteiger partial charge in [-0.15, -0.1) is 0 Å². The van der Waals surface area contributed by atoms with Gasteiger partial charge in [-0.25, -0.2) is 9.48 Å². The summed E-state index contributed by atoms with van der Waals surface area (Å²) in [4.78, 5) is 38.7. The number of nitrogens with one attached hydrogen (secondary N) is 2. The van der Waals surface area contributed by atoms with E-state index >= 15 is 0 Å². The lowest BCUT2D eigenvalue weighted by molar-refractivity contribution is -0.143. The van der Waals surface area contributed by atoms with Crippen LogP contribution in [0.2, 0.25) is 0 Å². The maximum absolute atomic E-state index is 13.1. The number of carbonyl (C=O) groups excluding carboxylic acids is 2. The van der Waals surface area contributed by atoms with Crippen LogP contribution in [-0.2, 0) is 21.4 Å². The van der Waals surface area contributed by atoms with Gasteiger partial charge in [-0.05, 0) is 74.8 Å². The van der Waals surface area contributed by atoms with Crippen molar-refractivity contribution in [2.24, 2.45) is 5.92 Å². The van der Waals surface area contributed by atoms with Crippen molar-refractivity contribution >= 4 is 29.4 Å². The van der Waals surface area contributed by atoms with Crippen LogP contribution in [0, 0.1) is 12.8 Å². The van der Waals surface area contributed by atoms with E-state index in [0.29, 0.717) is 17.4 Å². The SMILES string of the molecule is Cc1ccc(-n2nc(C(C)(C)C)cc2NC(=O)Nc2cccc(CC3CC4CCC(C3)N4C(=O)CCC(=O)O)c2)cc1. The Bertz CT molecular complexity index is 1440. The normalized spacial score (nSPS) is 19.9. The molecule has 3 aromatic rings. The average molecular weight is 572 g/mol. The number of carbonyl (C=O) groups is 3. The van der Waals surface area contributed by atoms with Crippen LogP contribution in [-0.4, -0.2) is 49.8 Å². The molecule has 3 amide bonds. The molecule has 222 valence electrons. The third kappa shape index (κ3) is 6.83. The van der Waals surface area contributed by atoms with E-state index < -0.39 is 5.97 Å². The zero-order valence-corrected chi connectivity index (χ0v) is 24.9. The number of hydrogen-bond donors (Lipinski definition) is 3. The number of anilines is 2. The quantitative estimate of drug-likeness (QED) is 0.293. The van der Waals surface area contributed by atoms with Crippen molar-refractivity contribution in [3.05, 3.63) is 71.4 Å². The third-order valence-electron chi connectivity index (χ3n) is 8.38. The summed E-state index contributed by atoms with van der Waals surface area (Å²) >= 11 is 0. The lowest BCUT2D eigenvalue weighted by Crippen LogP contribution is -2.47. The van der Waals surface area contributed by atoms with Crippen molar-refractivity contribution in [1.29, 1.82) is 0 Å². The number of aromatic nitrogens is 2. The van der Waals surface area contributed by atoms with Crippen molar-refractivity contribution in [3.63, 3.8) is 0 Å². The van der Waals surface area contributed by atoms with Crippen molar-refractivity contribution in [1.82, 2.24) is 14.7 Å². The molecule has 0 aliphatic carbocycles. The summed E-state index contributed by atoms with van der Waals surface area (Å²) in [5, 5.41) is 19.7. The number of carboxylic acid groups (broad SMARTS) is 1. The molecule has 3 heterocycles. The van der Waals surface area contributed by atoms with Crippen molar-refractivity contribution < 1.29 is 19.5 Å². The van der Waals surface area contributed by atoms with Crippen LogP contribution in [0.1, 0.15) is 76.1 Å². The first kappa shape index (κ1) is 29.4. The van der Waals surface area contributed by atoms with E-state index in [2.05, 4.69) is 37.5 Å². The molecule has 9 heteroatoms. The summed E-state index contributed by atoms with van der Waals surface area (Å²) in [7, 11) is 0. The number of fused-ring (bicyclic) bond motifs is 2. The van der Waals surface area contributed by atoms with Gasteiger partial charge < -0.3 is 15.3 Å². The van der Waals surface area contributed by atoms with Crippen LogP contribution >= 0.6 is 0 Å². The molecule has 2 aliphatic heterocycles. The fourth-order valence-corrected chi connectivity index (χ4v) is 6.31. The second-order valence-electron chi connectivity index (χ2n) is 12.8. The molecule has 5 rings (SSSR count). The average Bonchev–Trinajstić information content (AvgIpc) is 3.46. The highest BCUT2D eigenvalue weighted by Crippen LogP contribution is 2.40. The first-order valence-corrected chi connectivity index (χ1v) is 14.8. The molecular formula is C33H41N5O4. The molecule has 9 nitrogen and oxygen atoms in total. The predicted octanol–water partition coefficient (Wildman–Crippen LogP) is 6.30. The topological polar surface area (TPSA) is 117 Å². The number of urea groups is 1. The molecule has 2 unspecified atom stereocenters. The van der Waals surface area contributed by atoms with Crippen LogP contribution < -0.4 is 10.6 Å². The summed E-state index contributed by atoms with van der Waals surface area (Å²) < 4.78 is 1.77. The Hall–Kier alpha value is -4.14. The Balaban J connectivity index is 1.22. The van der Waals surface area contributed by atoms with E-state index in [9.17, 15) is 14.4 Å². The zero-order chi connectivity index (χ0) is 30.0. The molecule has 2 saturated heterocycles. The molecule has 42 heavy (non-hydrogen) atoms. The fraction of sp³-hybridized carbons (Fsp3) is 0.455. The molecule has 2 fully saturated rings. The largest absolute Gasteiger partial charge is 0.481 e. The van der Waals surface area contributed by atoms with Gasteiger partial charge in [-0.1, -0.05) is 50.6 Å². The Labute approximate surface area is 247 Å². The molecule has 1 aromatic heterocycles. The van der Waals surface area contributed by atoms with Crippen LogP contribution in [0.25, 0.3) is 5.69 Å². The highest BCUT2D eigenvalue weighted by Gasteiger charge is 2.42. The number of aryl methyl sites for hydroxylation is 1. The number of rotatable bonds is 8. The molecule has 0 spiro atoms. The summed E-state index contributed by atoms with van der Waals surface area (Å²) in [6, 6.07) is 17.9. The van der Waals surface area contributed by atoms with Crippen molar-refractivity contribution in [2.45, 2.75) is 90.1 Å². The minimum atomic E-state index is -0.931. The summed E-state index contributed by atoms with van der Waals surface area (Å²) in [5.41, 5.74) is 4.57. The van der Waals surface area contributed by atoms with Gasteiger partial charge in [0.15, 0.2) is 0 Å². The second kappa shape index (κ2) is 12.0. The Morgan fingerprint density at radius 2 is 1.64 bits per heavy atom. The second-order valence-corrected chi connectivity index (χ2v) is 12.8. The number of benzene rings is 2. The Morgan fingerprint density at radius 3 is 2.29 bits per heavy atom. The Kier molecular flexibility index (Phi) is 8.38. The van der Waals surface area contributed by atoms with E-state index in [1.165, 1.54) is 0 Å². The summed E-state index contributed by atoms with van der Waals surface area (Å²) in [6.45, 7) is 8.32. The first-order valence-electron chi connectivity index (χ1n) is 14.8. The maximum atomic E-state index is 13.1. The molecule has 2 aliphatic rings. The highest BCUT2D eigenvalue weighted by molar-refractivity contribution is 5.99. The smallest absolute Gasteiger partial charge is 0.324 e. The van der Waals surface area contributed by atoms with Crippen molar-refractivity contribution in [3.8, 4) is 5.69 Å². The molecule has 2 atom stereocenters. The van der Waals surface area contributed by atoms with E-state index in [0.717, 1.165) is 54.6 Å². The highest BCUT2D eigenvalue weighted by atomic mass is 16.4. The van der Waals surface area contributed by atoms with Gasteiger partial charge in [-0.3, -0.25) is 14.9 Å². The lowest BCUT2D eigenvalue weighted by Gasteiger charge is -2.39. The van der Waals surface area contributed by atoms with Gasteiger partial charge >= 0.3 is 12.0 Å². The number of carboxylic acids is 1. The number of piperidine rings is 1. The van der Waals surface area contributed by atoms with E-state index in [-0.39, 0.29) is 42.3 Å². The van der Waals surface area contributed by atoms with E-state index in [1.54, 1.807) is 4.68 Å². The molecule has 0 radical (unpaired) electrons. The molecular weight excluding hydrogens is 530 g/mol. The van der Waals surface area contributed by atoms with Gasteiger partial charge in [-0.2, -0.15) is 5.10 Å². The predicted molar refractivity (Wildman–Crippen MR) is 163 cm³/mol. The first-order chi connectivity index (χ1) is 20.0. The number of hydrogen-bond acceptors (Lipinski definition) is 4. The molecule has 2 bridgehead atoms.